The van der Waals surface area contributed by atoms with Gasteiger partial charge in [-0.25, -0.2) is 4.79 Å². The van der Waals surface area contributed by atoms with Crippen LogP contribution in [0.15, 0.2) is 48.5 Å². The number of rotatable bonds is 6. The van der Waals surface area contributed by atoms with Gasteiger partial charge in [-0.3, -0.25) is 9.59 Å². The van der Waals surface area contributed by atoms with Crippen molar-refractivity contribution in [3.63, 3.8) is 0 Å². The summed E-state index contributed by atoms with van der Waals surface area (Å²) >= 11 is 0. The minimum Gasteiger partial charge on any atom is -0.481 e. The van der Waals surface area contributed by atoms with Gasteiger partial charge in [0, 0.05) is 19.0 Å². The molecule has 35 heavy (non-hydrogen) atoms. The molecule has 2 amide bonds. The molecule has 184 valence electrons. The number of ether oxygens (including phenoxy) is 1. The second kappa shape index (κ2) is 8.70. The van der Waals surface area contributed by atoms with Crippen LogP contribution in [0.25, 0.3) is 11.1 Å². The number of hydrogen-bond donors (Lipinski definition) is 2. The highest BCUT2D eigenvalue weighted by molar-refractivity contribution is 5.82. The van der Waals surface area contributed by atoms with E-state index in [1.165, 1.54) is 11.1 Å². The van der Waals surface area contributed by atoms with Crippen LogP contribution in [-0.2, 0) is 14.3 Å². The predicted molar refractivity (Wildman–Crippen MR) is 131 cm³/mol. The normalized spacial score (nSPS) is 21.5. The number of carbonyl (C=O) groups excluding carboxylic acids is 2. The number of fused-ring (bicyclic) bond motifs is 3. The lowest BCUT2D eigenvalue weighted by Crippen LogP contribution is -2.56. The van der Waals surface area contributed by atoms with Crippen molar-refractivity contribution in [1.29, 1.82) is 0 Å². The van der Waals surface area contributed by atoms with Crippen LogP contribution >= 0.6 is 0 Å². The Morgan fingerprint density at radius 2 is 1.63 bits per heavy atom. The highest BCUT2D eigenvalue weighted by atomic mass is 16.5. The van der Waals surface area contributed by atoms with Crippen LogP contribution in [0, 0.1) is 11.3 Å². The van der Waals surface area contributed by atoms with Crippen LogP contribution in [0.2, 0.25) is 0 Å². The molecule has 1 saturated heterocycles. The smallest absolute Gasteiger partial charge is 0.407 e. The lowest BCUT2D eigenvalue weighted by molar-refractivity contribution is -0.144. The van der Waals surface area contributed by atoms with Gasteiger partial charge in [0.2, 0.25) is 5.91 Å². The summed E-state index contributed by atoms with van der Waals surface area (Å²) in [6.45, 7) is 4.61. The van der Waals surface area contributed by atoms with Gasteiger partial charge in [0.25, 0.3) is 0 Å². The van der Waals surface area contributed by atoms with Gasteiger partial charge in [0.1, 0.15) is 6.61 Å². The maximum atomic E-state index is 13.1. The number of carboxylic acid groups (broad SMARTS) is 1. The maximum absolute atomic E-state index is 13.1. The molecule has 2 aromatic carbocycles. The minimum atomic E-state index is -0.875. The van der Waals surface area contributed by atoms with Crippen molar-refractivity contribution < 1.29 is 24.2 Å². The van der Waals surface area contributed by atoms with E-state index in [-0.39, 0.29) is 31.4 Å². The Kier molecular flexibility index (Phi) is 5.82. The van der Waals surface area contributed by atoms with E-state index in [9.17, 15) is 19.5 Å². The first-order valence-electron chi connectivity index (χ1n) is 12.3. The van der Waals surface area contributed by atoms with Crippen molar-refractivity contribution in [1.82, 2.24) is 10.2 Å². The Labute approximate surface area is 205 Å². The second-order valence-corrected chi connectivity index (χ2v) is 10.9. The molecular formula is C28H32N2O5. The monoisotopic (exact) mass is 476 g/mol. The molecule has 0 aromatic heterocycles. The lowest BCUT2D eigenvalue weighted by Gasteiger charge is -2.42. The van der Waals surface area contributed by atoms with Crippen LogP contribution in [-0.4, -0.2) is 53.2 Å². The molecule has 0 radical (unpaired) electrons. The van der Waals surface area contributed by atoms with E-state index in [1.54, 1.807) is 4.90 Å². The van der Waals surface area contributed by atoms with E-state index in [1.807, 2.05) is 38.1 Å². The summed E-state index contributed by atoms with van der Waals surface area (Å²) in [5.41, 5.74) is 3.55. The number of carboxylic acids is 1. The van der Waals surface area contributed by atoms with Gasteiger partial charge in [-0.1, -0.05) is 62.4 Å². The van der Waals surface area contributed by atoms with E-state index >= 15 is 0 Å². The van der Waals surface area contributed by atoms with Crippen molar-refractivity contribution in [2.24, 2.45) is 11.3 Å². The molecule has 1 unspecified atom stereocenters. The van der Waals surface area contributed by atoms with Gasteiger partial charge >= 0.3 is 12.1 Å². The number of nitrogens with one attached hydrogen (secondary N) is 1. The molecule has 1 atom stereocenters. The Morgan fingerprint density at radius 3 is 2.14 bits per heavy atom. The Balaban J connectivity index is 1.21. The first kappa shape index (κ1) is 23.4. The number of alkyl carbamates (subject to hydrolysis) is 1. The van der Waals surface area contributed by atoms with Gasteiger partial charge in [-0.2, -0.15) is 0 Å². The topological polar surface area (TPSA) is 95.9 Å². The molecule has 0 bridgehead atoms. The Bertz CT molecular complexity index is 1120. The number of hydrogen-bond acceptors (Lipinski definition) is 4. The highest BCUT2D eigenvalue weighted by Gasteiger charge is 2.48. The minimum absolute atomic E-state index is 0.0214. The summed E-state index contributed by atoms with van der Waals surface area (Å²) in [5.74, 6) is -1.59. The van der Waals surface area contributed by atoms with Crippen molar-refractivity contribution >= 4 is 18.0 Å². The number of likely N-dealkylation sites (tertiary alicyclic amines) is 1. The fourth-order valence-corrected chi connectivity index (χ4v) is 5.94. The zero-order chi connectivity index (χ0) is 24.8. The van der Waals surface area contributed by atoms with E-state index < -0.39 is 28.9 Å². The second-order valence-electron chi connectivity index (χ2n) is 10.9. The average Bonchev–Trinajstić information content (AvgIpc) is 3.30. The number of amides is 2. The summed E-state index contributed by atoms with van der Waals surface area (Å²) in [6.07, 6.45) is 2.01. The molecule has 0 spiro atoms. The fourth-order valence-electron chi connectivity index (χ4n) is 5.94. The zero-order valence-electron chi connectivity index (χ0n) is 20.3. The third-order valence-electron chi connectivity index (χ3n) is 8.11. The summed E-state index contributed by atoms with van der Waals surface area (Å²) in [5, 5.41) is 12.5. The quantitative estimate of drug-likeness (QED) is 0.644. The predicted octanol–water partition coefficient (Wildman–Crippen LogP) is 4.41. The SMILES string of the molecule is CC1(C)CN(C(=O)CC2(NC(=O)OCC3c4ccccc4-c4ccccc43)CCC2)CC1C(=O)O. The third kappa shape index (κ3) is 4.28. The first-order chi connectivity index (χ1) is 16.7. The van der Waals surface area contributed by atoms with Crippen LogP contribution in [0.3, 0.4) is 0 Å². The zero-order valence-corrected chi connectivity index (χ0v) is 20.3. The summed E-state index contributed by atoms with van der Waals surface area (Å²) < 4.78 is 5.71. The molecule has 1 heterocycles. The molecule has 2 N–H and O–H groups in total. The summed E-state index contributed by atoms with van der Waals surface area (Å²) in [4.78, 5) is 39.2. The van der Waals surface area contributed by atoms with E-state index in [0.29, 0.717) is 19.4 Å². The Hall–Kier alpha value is -3.35. The molecule has 3 aliphatic rings. The average molecular weight is 477 g/mol. The number of aliphatic carboxylic acids is 1. The first-order valence-corrected chi connectivity index (χ1v) is 12.3. The highest BCUT2D eigenvalue weighted by Crippen LogP contribution is 2.45. The van der Waals surface area contributed by atoms with Crippen molar-refractivity contribution in [3.8, 4) is 11.1 Å². The molecule has 2 fully saturated rings. The van der Waals surface area contributed by atoms with Crippen LogP contribution in [0.1, 0.15) is 56.6 Å². The van der Waals surface area contributed by atoms with Gasteiger partial charge in [-0.05, 0) is 46.9 Å². The van der Waals surface area contributed by atoms with Gasteiger partial charge < -0.3 is 20.1 Å². The van der Waals surface area contributed by atoms with Crippen LogP contribution in [0.5, 0.6) is 0 Å². The van der Waals surface area contributed by atoms with Gasteiger partial charge in [0.15, 0.2) is 0 Å². The van der Waals surface area contributed by atoms with E-state index in [4.69, 9.17) is 4.74 Å². The number of nitrogens with zero attached hydrogens (tertiary/aromatic N) is 1. The summed E-state index contributed by atoms with van der Waals surface area (Å²) in [6, 6.07) is 16.4. The van der Waals surface area contributed by atoms with Gasteiger partial charge in [-0.15, -0.1) is 0 Å². The van der Waals surface area contributed by atoms with Crippen molar-refractivity contribution in [2.75, 3.05) is 19.7 Å². The standard InChI is InChI=1S/C28H32N2O5/c1-27(2)17-30(15-23(27)25(32)33)24(31)14-28(12-7-13-28)29-26(34)35-16-22-20-10-5-3-8-18(20)19-9-4-6-11-21(19)22/h3-6,8-11,22-23H,7,12-17H2,1-2H3,(H,29,34)(H,32,33). The van der Waals surface area contributed by atoms with Crippen LogP contribution < -0.4 is 5.32 Å². The lowest BCUT2D eigenvalue weighted by atomic mass is 9.74. The molecule has 2 aliphatic carbocycles. The van der Waals surface area contributed by atoms with E-state index in [2.05, 4.69) is 29.6 Å². The van der Waals surface area contributed by atoms with Crippen molar-refractivity contribution in [3.05, 3.63) is 59.7 Å². The van der Waals surface area contributed by atoms with Crippen molar-refractivity contribution in [2.45, 2.75) is 51.0 Å². The maximum Gasteiger partial charge on any atom is 0.407 e. The molecule has 7 nitrogen and oxygen atoms in total. The molecular weight excluding hydrogens is 444 g/mol. The van der Waals surface area contributed by atoms with E-state index in [0.717, 1.165) is 17.5 Å². The fraction of sp³-hybridized carbons (Fsp3) is 0.464. The largest absolute Gasteiger partial charge is 0.481 e. The Morgan fingerprint density at radius 1 is 1.03 bits per heavy atom. The number of carbonyl (C=O) groups is 3. The van der Waals surface area contributed by atoms with Crippen LogP contribution in [0.4, 0.5) is 4.79 Å². The molecule has 1 saturated carbocycles. The number of benzene rings is 2. The molecule has 7 heteroatoms. The molecule has 2 aromatic rings. The molecule has 1 aliphatic heterocycles. The van der Waals surface area contributed by atoms with Gasteiger partial charge in [0.05, 0.1) is 17.9 Å². The molecule has 5 rings (SSSR count). The third-order valence-corrected chi connectivity index (χ3v) is 8.11. The summed E-state index contributed by atoms with van der Waals surface area (Å²) in [7, 11) is 0.